The van der Waals surface area contributed by atoms with Crippen LogP contribution in [0.25, 0.3) is 0 Å². The fourth-order valence-electron chi connectivity index (χ4n) is 2.81. The van der Waals surface area contributed by atoms with Gasteiger partial charge in [-0.1, -0.05) is 18.6 Å². The van der Waals surface area contributed by atoms with Crippen molar-refractivity contribution in [2.24, 2.45) is 0 Å². The second-order valence-corrected chi connectivity index (χ2v) is 6.13. The minimum atomic E-state index is 0.156. The third-order valence-corrected chi connectivity index (χ3v) is 4.06. The summed E-state index contributed by atoms with van der Waals surface area (Å²) in [5.74, 6) is 0.390. The van der Waals surface area contributed by atoms with Crippen molar-refractivity contribution in [1.82, 2.24) is 10.2 Å². The fourth-order valence-corrected chi connectivity index (χ4v) is 2.81. The summed E-state index contributed by atoms with van der Waals surface area (Å²) in [5, 5.41) is 12.8. The van der Waals surface area contributed by atoms with Gasteiger partial charge in [0.1, 0.15) is 5.75 Å². The topological polar surface area (TPSA) is 52.6 Å². The van der Waals surface area contributed by atoms with Crippen molar-refractivity contribution in [3.8, 4) is 5.75 Å². The number of nitrogens with one attached hydrogen (secondary N) is 1. The normalized spacial score (nSPS) is 18.7. The van der Waals surface area contributed by atoms with Gasteiger partial charge in [-0.05, 0) is 50.9 Å². The summed E-state index contributed by atoms with van der Waals surface area (Å²) in [6, 6.07) is 7.51. The number of carbonyl (C=O) groups excluding carboxylic acids is 1. The summed E-state index contributed by atoms with van der Waals surface area (Å²) < 4.78 is 0. The highest BCUT2D eigenvalue weighted by Crippen LogP contribution is 2.14. The summed E-state index contributed by atoms with van der Waals surface area (Å²) in [6.45, 7) is 5.98. The lowest BCUT2D eigenvalue weighted by Crippen LogP contribution is -2.48. The molecule has 4 nitrogen and oxygen atoms in total. The lowest BCUT2D eigenvalue weighted by Gasteiger charge is -2.33. The Morgan fingerprint density at radius 2 is 2.05 bits per heavy atom. The number of hydrogen-bond donors (Lipinski definition) is 2. The van der Waals surface area contributed by atoms with Crippen molar-refractivity contribution in [2.75, 3.05) is 13.1 Å². The Hall–Kier alpha value is -1.55. The molecule has 0 radical (unpaired) electrons. The molecule has 1 aromatic rings. The van der Waals surface area contributed by atoms with Crippen LogP contribution in [-0.2, 0) is 11.2 Å². The Labute approximate surface area is 127 Å². The van der Waals surface area contributed by atoms with E-state index in [0.29, 0.717) is 12.5 Å². The molecule has 0 saturated carbocycles. The molecule has 0 aromatic heterocycles. The summed E-state index contributed by atoms with van der Waals surface area (Å²) in [6.07, 6.45) is 4.02. The van der Waals surface area contributed by atoms with Crippen LogP contribution in [0.3, 0.4) is 0 Å². The Morgan fingerprint density at radius 1 is 1.33 bits per heavy atom. The van der Waals surface area contributed by atoms with Gasteiger partial charge < -0.3 is 15.3 Å². The van der Waals surface area contributed by atoms with Gasteiger partial charge >= 0.3 is 0 Å². The molecule has 1 saturated heterocycles. The van der Waals surface area contributed by atoms with E-state index in [1.54, 1.807) is 12.1 Å². The molecule has 1 aliphatic heterocycles. The number of phenols is 1. The van der Waals surface area contributed by atoms with Gasteiger partial charge in [0.15, 0.2) is 0 Å². The maximum absolute atomic E-state index is 12.5. The Morgan fingerprint density at radius 3 is 2.62 bits per heavy atom. The van der Waals surface area contributed by atoms with Crippen molar-refractivity contribution in [1.29, 1.82) is 0 Å². The molecule has 2 rings (SSSR count). The number of nitrogens with zero attached hydrogens (tertiary/aromatic N) is 1. The zero-order chi connectivity index (χ0) is 15.2. The van der Waals surface area contributed by atoms with Gasteiger partial charge in [0.05, 0.1) is 6.42 Å². The van der Waals surface area contributed by atoms with Crippen LogP contribution in [0.5, 0.6) is 5.75 Å². The molecule has 1 fully saturated rings. The van der Waals surface area contributed by atoms with Crippen LogP contribution < -0.4 is 5.32 Å². The number of benzene rings is 1. The van der Waals surface area contributed by atoms with Crippen molar-refractivity contribution in [3.05, 3.63) is 29.8 Å². The molecule has 0 spiro atoms. The number of piperidine rings is 1. The SMILES string of the molecule is CC(C)N(CC1CCCCN1)C(=O)Cc1ccc(O)cc1. The number of amides is 1. The average molecular weight is 290 g/mol. The predicted molar refractivity (Wildman–Crippen MR) is 84.3 cm³/mol. The van der Waals surface area contributed by atoms with E-state index in [1.807, 2.05) is 17.0 Å². The fraction of sp³-hybridized carbons (Fsp3) is 0.588. The van der Waals surface area contributed by atoms with Crippen LogP contribution in [0.1, 0.15) is 38.7 Å². The van der Waals surface area contributed by atoms with E-state index < -0.39 is 0 Å². The second-order valence-electron chi connectivity index (χ2n) is 6.13. The zero-order valence-electron chi connectivity index (χ0n) is 13.0. The van der Waals surface area contributed by atoms with Crippen molar-refractivity contribution >= 4 is 5.91 Å². The van der Waals surface area contributed by atoms with Gasteiger partial charge in [-0.25, -0.2) is 0 Å². The zero-order valence-corrected chi connectivity index (χ0v) is 13.0. The summed E-state index contributed by atoms with van der Waals surface area (Å²) in [7, 11) is 0. The summed E-state index contributed by atoms with van der Waals surface area (Å²) in [5.41, 5.74) is 0.944. The largest absolute Gasteiger partial charge is 0.508 e. The third kappa shape index (κ3) is 4.74. The van der Waals surface area contributed by atoms with E-state index in [1.165, 1.54) is 12.8 Å². The van der Waals surface area contributed by atoms with E-state index in [9.17, 15) is 9.90 Å². The minimum Gasteiger partial charge on any atom is -0.508 e. The average Bonchev–Trinajstić information content (AvgIpc) is 2.48. The lowest BCUT2D eigenvalue weighted by atomic mass is 10.0. The molecule has 116 valence electrons. The molecule has 1 amide bonds. The predicted octanol–water partition coefficient (Wildman–Crippen LogP) is 2.31. The molecular formula is C17H26N2O2. The van der Waals surface area contributed by atoms with Gasteiger partial charge in [-0.3, -0.25) is 4.79 Å². The van der Waals surface area contributed by atoms with Crippen LogP contribution >= 0.6 is 0 Å². The molecular weight excluding hydrogens is 264 g/mol. The standard InChI is InChI=1S/C17H26N2O2/c1-13(2)19(12-15-5-3-4-10-18-15)17(21)11-14-6-8-16(20)9-7-14/h6-9,13,15,18,20H,3-5,10-12H2,1-2H3. The van der Waals surface area contributed by atoms with Crippen molar-refractivity contribution in [2.45, 2.75) is 51.6 Å². The number of rotatable bonds is 5. The molecule has 1 atom stereocenters. The Bertz CT molecular complexity index is 450. The van der Waals surface area contributed by atoms with Gasteiger partial charge in [0, 0.05) is 18.6 Å². The highest BCUT2D eigenvalue weighted by Gasteiger charge is 2.22. The van der Waals surface area contributed by atoms with Gasteiger partial charge in [-0.15, -0.1) is 0 Å². The summed E-state index contributed by atoms with van der Waals surface area (Å²) in [4.78, 5) is 14.5. The summed E-state index contributed by atoms with van der Waals surface area (Å²) >= 11 is 0. The second kappa shape index (κ2) is 7.46. The minimum absolute atomic E-state index is 0.156. The molecule has 2 N–H and O–H groups in total. The number of aromatic hydroxyl groups is 1. The first-order valence-electron chi connectivity index (χ1n) is 7.87. The maximum Gasteiger partial charge on any atom is 0.227 e. The highest BCUT2D eigenvalue weighted by molar-refractivity contribution is 5.79. The maximum atomic E-state index is 12.5. The van der Waals surface area contributed by atoms with E-state index >= 15 is 0 Å². The number of carbonyl (C=O) groups is 1. The Balaban J connectivity index is 1.96. The smallest absolute Gasteiger partial charge is 0.227 e. The molecule has 1 unspecified atom stereocenters. The van der Waals surface area contributed by atoms with Gasteiger partial charge in [0.2, 0.25) is 5.91 Å². The molecule has 0 bridgehead atoms. The van der Waals surface area contributed by atoms with Crippen LogP contribution in [0.4, 0.5) is 0 Å². The van der Waals surface area contributed by atoms with Crippen LogP contribution in [0.2, 0.25) is 0 Å². The van der Waals surface area contributed by atoms with Crippen molar-refractivity contribution < 1.29 is 9.90 Å². The van der Waals surface area contributed by atoms with E-state index in [0.717, 1.165) is 25.1 Å². The van der Waals surface area contributed by atoms with Gasteiger partial charge in [0.25, 0.3) is 0 Å². The number of hydrogen-bond acceptors (Lipinski definition) is 3. The first-order chi connectivity index (χ1) is 10.1. The number of phenolic OH excluding ortho intramolecular Hbond substituents is 1. The van der Waals surface area contributed by atoms with Crippen LogP contribution in [0, 0.1) is 0 Å². The molecule has 0 aliphatic carbocycles. The monoisotopic (exact) mass is 290 g/mol. The lowest BCUT2D eigenvalue weighted by molar-refractivity contribution is -0.132. The Kier molecular flexibility index (Phi) is 5.62. The highest BCUT2D eigenvalue weighted by atomic mass is 16.3. The van der Waals surface area contributed by atoms with E-state index in [2.05, 4.69) is 19.2 Å². The molecule has 4 heteroatoms. The molecule has 21 heavy (non-hydrogen) atoms. The van der Waals surface area contributed by atoms with Gasteiger partial charge in [-0.2, -0.15) is 0 Å². The van der Waals surface area contributed by atoms with Crippen LogP contribution in [-0.4, -0.2) is 41.1 Å². The van der Waals surface area contributed by atoms with Crippen LogP contribution in [0.15, 0.2) is 24.3 Å². The third-order valence-electron chi connectivity index (χ3n) is 4.06. The van der Waals surface area contributed by atoms with Crippen molar-refractivity contribution in [3.63, 3.8) is 0 Å². The molecule has 1 heterocycles. The first-order valence-corrected chi connectivity index (χ1v) is 7.87. The molecule has 1 aromatic carbocycles. The first kappa shape index (κ1) is 15.8. The van der Waals surface area contributed by atoms with E-state index in [4.69, 9.17) is 0 Å². The quantitative estimate of drug-likeness (QED) is 0.875. The van der Waals surface area contributed by atoms with E-state index in [-0.39, 0.29) is 17.7 Å². The molecule has 1 aliphatic rings.